The molecule has 1 heterocycles. The molecule has 0 atom stereocenters. The van der Waals surface area contributed by atoms with Crippen molar-refractivity contribution in [1.82, 2.24) is 4.57 Å². The van der Waals surface area contributed by atoms with Crippen molar-refractivity contribution in [3.8, 4) is 94.7 Å². The first-order valence-corrected chi connectivity index (χ1v) is 36.4. The summed E-state index contributed by atoms with van der Waals surface area (Å²) in [5.74, 6) is 0. The van der Waals surface area contributed by atoms with Crippen LogP contribution in [0.25, 0.3) is 117 Å². The molecular formula is C98H109N. The van der Waals surface area contributed by atoms with Crippen LogP contribution in [0.1, 0.15) is 211 Å². The van der Waals surface area contributed by atoms with E-state index in [2.05, 4.69) is 395 Å². The lowest BCUT2D eigenvalue weighted by Crippen LogP contribution is -2.16. The van der Waals surface area contributed by atoms with E-state index in [9.17, 15) is 0 Å². The van der Waals surface area contributed by atoms with Crippen LogP contribution in [0.5, 0.6) is 0 Å². The van der Waals surface area contributed by atoms with E-state index in [1.165, 1.54) is 144 Å². The zero-order valence-corrected chi connectivity index (χ0v) is 64.3. The van der Waals surface area contributed by atoms with Gasteiger partial charge in [0.25, 0.3) is 0 Å². The van der Waals surface area contributed by atoms with Crippen molar-refractivity contribution in [3.63, 3.8) is 0 Å². The quantitative estimate of drug-likeness (QED) is 0.136. The van der Waals surface area contributed by atoms with E-state index in [0.29, 0.717) is 0 Å². The second kappa shape index (κ2) is 25.1. The van der Waals surface area contributed by atoms with Gasteiger partial charge in [0, 0.05) is 16.3 Å². The molecule has 0 fully saturated rings. The molecular weight excluding hydrogens is 1190 g/mol. The fraction of sp³-hybridized carbons (Fsp3) is 0.327. The molecule has 0 radical (unpaired) electrons. The second-order valence-corrected chi connectivity index (χ2v) is 37.0. The van der Waals surface area contributed by atoms with Gasteiger partial charge >= 0.3 is 0 Å². The summed E-state index contributed by atoms with van der Waals surface area (Å²) in [6, 6.07) is 87.9. The molecule has 12 rings (SSSR count). The molecule has 0 spiro atoms. The second-order valence-electron chi connectivity index (χ2n) is 37.0. The van der Waals surface area contributed by atoms with Crippen molar-refractivity contribution in [2.45, 2.75) is 209 Å². The fourth-order valence-electron chi connectivity index (χ4n) is 14.0. The summed E-state index contributed by atoms with van der Waals surface area (Å²) in [5.41, 5.74) is 33.1. The van der Waals surface area contributed by atoms with E-state index in [1.807, 2.05) is 0 Å². The lowest BCUT2D eigenvalue weighted by molar-refractivity contribution is 0.568. The van der Waals surface area contributed by atoms with Gasteiger partial charge in [-0.3, -0.25) is 0 Å². The molecule has 99 heavy (non-hydrogen) atoms. The molecule has 0 saturated heterocycles. The molecule has 0 aliphatic carbocycles. The topological polar surface area (TPSA) is 4.93 Å². The van der Waals surface area contributed by atoms with E-state index >= 15 is 0 Å². The van der Waals surface area contributed by atoms with Crippen LogP contribution in [0.15, 0.2) is 224 Å². The maximum atomic E-state index is 2.55. The normalized spacial score (nSPS) is 13.1. The van der Waals surface area contributed by atoms with Gasteiger partial charge in [0.2, 0.25) is 0 Å². The van der Waals surface area contributed by atoms with Crippen LogP contribution in [-0.4, -0.2) is 4.57 Å². The number of para-hydroxylation sites is 1. The molecule has 1 aromatic heterocycles. The monoisotopic (exact) mass is 1300 g/mol. The van der Waals surface area contributed by atoms with Crippen molar-refractivity contribution in [1.29, 1.82) is 0 Å². The van der Waals surface area contributed by atoms with E-state index in [4.69, 9.17) is 0 Å². The predicted molar refractivity (Wildman–Crippen MR) is 434 cm³/mol. The van der Waals surface area contributed by atoms with Crippen molar-refractivity contribution in [2.24, 2.45) is 0 Å². The summed E-state index contributed by atoms with van der Waals surface area (Å²) in [6.07, 6.45) is 0. The summed E-state index contributed by atoms with van der Waals surface area (Å²) in [7, 11) is 0. The Labute approximate surface area is 595 Å². The first-order valence-electron chi connectivity index (χ1n) is 36.4. The minimum atomic E-state index is -0.0530. The standard InChI is InChI=1S/C98H109N/c1-91(2,3)75-48-71(49-76(58-75)92(4,5)6)67-42-65(43-68(46-67)72-50-77(93(7,8)9)59-78(51-72)94(10,11)12)63-38-40-89-86(56-63)87-57-64(39-41-90(87)99(89)88-37-31-30-36-85(88)84-35-29-28-34-83(84)62-32-26-25-27-33-62)66-44-69(73-52-79(95(13,14)15)60-80(53-73)96(16,17)18)47-70(45-66)74-54-81(97(19,20)21)61-82(55-74)98(22,23)24/h25-61H,1-24H3. The molecule has 0 aliphatic heterocycles. The Hall–Kier alpha value is -8.78. The Morgan fingerprint density at radius 2 is 0.404 bits per heavy atom. The van der Waals surface area contributed by atoms with Gasteiger partial charge in [-0.2, -0.15) is 0 Å². The maximum Gasteiger partial charge on any atom is 0.0541 e. The number of aromatic nitrogens is 1. The molecule has 1 heteroatoms. The molecule has 0 bridgehead atoms. The number of fused-ring (bicyclic) bond motifs is 3. The van der Waals surface area contributed by atoms with Gasteiger partial charge in [-0.15, -0.1) is 0 Å². The van der Waals surface area contributed by atoms with E-state index in [1.54, 1.807) is 0 Å². The zero-order chi connectivity index (χ0) is 71.5. The van der Waals surface area contributed by atoms with Gasteiger partial charge in [-0.1, -0.05) is 324 Å². The van der Waals surface area contributed by atoms with Gasteiger partial charge in [-0.05, 0) is 238 Å². The van der Waals surface area contributed by atoms with Gasteiger partial charge < -0.3 is 4.57 Å². The highest BCUT2D eigenvalue weighted by Crippen LogP contribution is 2.47. The third-order valence-corrected chi connectivity index (χ3v) is 20.7. The summed E-state index contributed by atoms with van der Waals surface area (Å²) in [6.45, 7) is 56.4. The Kier molecular flexibility index (Phi) is 17.8. The van der Waals surface area contributed by atoms with E-state index < -0.39 is 0 Å². The smallest absolute Gasteiger partial charge is 0.0541 e. The fourth-order valence-corrected chi connectivity index (χ4v) is 14.0. The van der Waals surface area contributed by atoms with Gasteiger partial charge in [0.05, 0.1) is 16.7 Å². The molecule has 506 valence electrons. The van der Waals surface area contributed by atoms with Crippen LogP contribution in [-0.2, 0) is 43.3 Å². The summed E-state index contributed by atoms with van der Waals surface area (Å²) in [4.78, 5) is 0. The highest BCUT2D eigenvalue weighted by molar-refractivity contribution is 6.12. The Balaban J connectivity index is 1.17. The Morgan fingerprint density at radius 1 is 0.172 bits per heavy atom. The largest absolute Gasteiger partial charge is 0.309 e. The SMILES string of the molecule is CC(C)(C)c1cc(-c2cc(-c3cc(C(C)(C)C)cc(C(C)(C)C)c3)cc(-c3ccc4c(c3)c3cc(-c5cc(-c6cc(C(C)(C)C)cc(C(C)(C)C)c6)cc(-c6cc(C(C)(C)C)cc(C(C)(C)C)c6)c5)ccc3n4-c3ccccc3-c3ccccc3-c3ccccc3)c2)cc(C(C)(C)C)c1. The Bertz CT molecular complexity index is 4480. The van der Waals surface area contributed by atoms with Crippen LogP contribution in [0.4, 0.5) is 0 Å². The van der Waals surface area contributed by atoms with Crippen LogP contribution in [0, 0.1) is 0 Å². The summed E-state index contributed by atoms with van der Waals surface area (Å²) >= 11 is 0. The molecule has 12 aromatic rings. The maximum absolute atomic E-state index is 2.55. The predicted octanol–water partition coefficient (Wildman–Crippen LogP) is 28.5. The molecule has 0 unspecified atom stereocenters. The number of hydrogen-bond donors (Lipinski definition) is 0. The number of benzene rings is 11. The third-order valence-electron chi connectivity index (χ3n) is 20.7. The molecule has 0 aliphatic rings. The van der Waals surface area contributed by atoms with Crippen molar-refractivity contribution >= 4 is 21.8 Å². The summed E-state index contributed by atoms with van der Waals surface area (Å²) in [5, 5.41) is 2.41. The minimum Gasteiger partial charge on any atom is -0.309 e. The molecule has 11 aromatic carbocycles. The van der Waals surface area contributed by atoms with Crippen LogP contribution < -0.4 is 0 Å². The Morgan fingerprint density at radius 3 is 0.687 bits per heavy atom. The highest BCUT2D eigenvalue weighted by Gasteiger charge is 2.28. The number of hydrogen-bond acceptors (Lipinski definition) is 0. The van der Waals surface area contributed by atoms with Gasteiger partial charge in [0.1, 0.15) is 0 Å². The first-order chi connectivity index (χ1) is 46.1. The lowest BCUT2D eigenvalue weighted by atomic mass is 9.77. The van der Waals surface area contributed by atoms with Crippen molar-refractivity contribution < 1.29 is 0 Å². The van der Waals surface area contributed by atoms with E-state index in [0.717, 1.165) is 16.7 Å². The van der Waals surface area contributed by atoms with E-state index in [-0.39, 0.29) is 43.3 Å². The number of rotatable bonds is 9. The average molecular weight is 1300 g/mol. The van der Waals surface area contributed by atoms with Crippen LogP contribution in [0.3, 0.4) is 0 Å². The van der Waals surface area contributed by atoms with Crippen molar-refractivity contribution in [3.05, 3.63) is 269 Å². The molecule has 1 nitrogen and oxygen atoms in total. The zero-order valence-electron chi connectivity index (χ0n) is 64.3. The van der Waals surface area contributed by atoms with Gasteiger partial charge in [0.15, 0.2) is 0 Å². The first kappa shape index (κ1) is 70.1. The number of nitrogens with zero attached hydrogens (tertiary/aromatic N) is 1. The average Bonchev–Trinajstić information content (AvgIpc) is 1.59. The van der Waals surface area contributed by atoms with Crippen molar-refractivity contribution in [2.75, 3.05) is 0 Å². The lowest BCUT2D eigenvalue weighted by Gasteiger charge is -2.27. The van der Waals surface area contributed by atoms with Crippen LogP contribution >= 0.6 is 0 Å². The highest BCUT2D eigenvalue weighted by atomic mass is 15.0. The minimum absolute atomic E-state index is 0.0530. The van der Waals surface area contributed by atoms with Gasteiger partial charge in [-0.25, -0.2) is 0 Å². The third kappa shape index (κ3) is 14.7. The molecule has 0 amide bonds. The molecule has 0 saturated carbocycles. The van der Waals surface area contributed by atoms with Crippen LogP contribution in [0.2, 0.25) is 0 Å². The molecule has 0 N–H and O–H groups in total. The summed E-state index contributed by atoms with van der Waals surface area (Å²) < 4.78 is 2.55.